The summed E-state index contributed by atoms with van der Waals surface area (Å²) in [5.41, 5.74) is 0. The SMILES string of the molecule is [CH2]CCC#CC(C)(C)SC. The highest BCUT2D eigenvalue weighted by molar-refractivity contribution is 8.00. The Morgan fingerprint density at radius 2 is 2.10 bits per heavy atom. The molecule has 0 saturated carbocycles. The molecule has 0 saturated heterocycles. The molecule has 0 aliphatic rings. The molecule has 1 radical (unpaired) electrons. The first-order valence-corrected chi connectivity index (χ1v) is 4.69. The van der Waals surface area contributed by atoms with E-state index in [1.54, 1.807) is 11.8 Å². The van der Waals surface area contributed by atoms with Crippen LogP contribution in [0.15, 0.2) is 0 Å². The minimum Gasteiger partial charge on any atom is -0.146 e. The molecule has 0 nitrogen and oxygen atoms in total. The van der Waals surface area contributed by atoms with Gasteiger partial charge in [0.1, 0.15) is 0 Å². The van der Waals surface area contributed by atoms with Crippen LogP contribution in [0.5, 0.6) is 0 Å². The van der Waals surface area contributed by atoms with Gasteiger partial charge in [0.2, 0.25) is 0 Å². The van der Waals surface area contributed by atoms with Gasteiger partial charge < -0.3 is 0 Å². The minimum atomic E-state index is 0.120. The van der Waals surface area contributed by atoms with Gasteiger partial charge in [-0.2, -0.15) is 0 Å². The molecule has 0 amide bonds. The molecular weight excluding hydrogens is 140 g/mol. The third kappa shape index (κ3) is 4.76. The Labute approximate surface area is 68.8 Å². The lowest BCUT2D eigenvalue weighted by Gasteiger charge is -2.12. The van der Waals surface area contributed by atoms with E-state index >= 15 is 0 Å². The van der Waals surface area contributed by atoms with Gasteiger partial charge in [0.05, 0.1) is 4.75 Å². The van der Waals surface area contributed by atoms with E-state index < -0.39 is 0 Å². The summed E-state index contributed by atoms with van der Waals surface area (Å²) in [6.45, 7) is 7.99. The van der Waals surface area contributed by atoms with Gasteiger partial charge in [-0.15, -0.1) is 17.7 Å². The molecule has 0 N–H and O–H groups in total. The minimum absolute atomic E-state index is 0.120. The van der Waals surface area contributed by atoms with E-state index in [4.69, 9.17) is 0 Å². The Hall–Kier alpha value is -0.0900. The normalized spacial score (nSPS) is 10.4. The Balaban J connectivity index is 3.77. The molecule has 10 heavy (non-hydrogen) atoms. The van der Waals surface area contributed by atoms with E-state index in [0.717, 1.165) is 12.8 Å². The van der Waals surface area contributed by atoms with Gasteiger partial charge in [-0.1, -0.05) is 12.8 Å². The number of hydrogen-bond acceptors (Lipinski definition) is 1. The van der Waals surface area contributed by atoms with Crippen molar-refractivity contribution >= 4 is 11.8 Å². The molecule has 0 unspecified atom stereocenters. The summed E-state index contributed by atoms with van der Waals surface area (Å²) < 4.78 is 0.120. The van der Waals surface area contributed by atoms with Crippen LogP contribution < -0.4 is 0 Å². The van der Waals surface area contributed by atoms with Crippen molar-refractivity contribution in [3.63, 3.8) is 0 Å². The van der Waals surface area contributed by atoms with Crippen LogP contribution >= 0.6 is 11.8 Å². The van der Waals surface area contributed by atoms with Crippen molar-refractivity contribution in [3.8, 4) is 11.8 Å². The van der Waals surface area contributed by atoms with Crippen LogP contribution in [0.3, 0.4) is 0 Å². The smallest absolute Gasteiger partial charge is 0.0706 e. The number of thioether (sulfide) groups is 1. The lowest BCUT2D eigenvalue weighted by atomic mass is 10.2. The summed E-state index contributed by atoms with van der Waals surface area (Å²) in [7, 11) is 0. The monoisotopic (exact) mass is 155 g/mol. The molecule has 57 valence electrons. The highest BCUT2D eigenvalue weighted by Gasteiger charge is 2.09. The second-order valence-electron chi connectivity index (χ2n) is 2.62. The van der Waals surface area contributed by atoms with Crippen molar-refractivity contribution in [2.75, 3.05) is 6.26 Å². The van der Waals surface area contributed by atoms with Crippen molar-refractivity contribution < 1.29 is 0 Å². The Bertz CT molecular complexity index is 137. The maximum atomic E-state index is 3.72. The van der Waals surface area contributed by atoms with Crippen LogP contribution in [-0.4, -0.2) is 11.0 Å². The van der Waals surface area contributed by atoms with Crippen molar-refractivity contribution in [2.45, 2.75) is 31.4 Å². The molecular formula is C9H15S. The Kier molecular flexibility index (Phi) is 4.64. The van der Waals surface area contributed by atoms with E-state index in [0.29, 0.717) is 0 Å². The number of unbranched alkanes of at least 4 members (excludes halogenated alkanes) is 1. The molecule has 0 aromatic heterocycles. The van der Waals surface area contributed by atoms with Crippen molar-refractivity contribution in [2.24, 2.45) is 0 Å². The highest BCUT2D eigenvalue weighted by Crippen LogP contribution is 2.19. The van der Waals surface area contributed by atoms with Crippen LogP contribution in [0.4, 0.5) is 0 Å². The third-order valence-electron chi connectivity index (χ3n) is 1.20. The molecule has 0 aromatic carbocycles. The maximum absolute atomic E-state index is 3.72. The predicted molar refractivity (Wildman–Crippen MR) is 50.0 cm³/mol. The zero-order valence-corrected chi connectivity index (χ0v) is 7.85. The Morgan fingerprint density at radius 1 is 1.50 bits per heavy atom. The van der Waals surface area contributed by atoms with E-state index in [2.05, 4.69) is 38.9 Å². The first kappa shape index (κ1) is 9.91. The van der Waals surface area contributed by atoms with Crippen molar-refractivity contribution in [1.29, 1.82) is 0 Å². The van der Waals surface area contributed by atoms with Gasteiger partial charge in [-0.3, -0.25) is 0 Å². The fourth-order valence-electron chi connectivity index (χ4n) is 0.415. The molecule has 0 rings (SSSR count). The van der Waals surface area contributed by atoms with Crippen LogP contribution in [0.1, 0.15) is 26.7 Å². The number of hydrogen-bond donors (Lipinski definition) is 0. The third-order valence-corrected chi connectivity index (χ3v) is 2.32. The summed E-state index contributed by atoms with van der Waals surface area (Å²) >= 11 is 1.78. The second kappa shape index (κ2) is 4.68. The molecule has 0 heterocycles. The summed E-state index contributed by atoms with van der Waals surface area (Å²) in [5, 5.41) is 0. The van der Waals surface area contributed by atoms with Crippen LogP contribution in [0.25, 0.3) is 0 Å². The van der Waals surface area contributed by atoms with Gasteiger partial charge in [0.15, 0.2) is 0 Å². The van der Waals surface area contributed by atoms with Crippen LogP contribution in [0.2, 0.25) is 0 Å². The zero-order valence-electron chi connectivity index (χ0n) is 7.03. The quantitative estimate of drug-likeness (QED) is 0.552. The molecule has 0 atom stereocenters. The Morgan fingerprint density at radius 3 is 2.50 bits per heavy atom. The highest BCUT2D eigenvalue weighted by atomic mass is 32.2. The molecule has 0 spiro atoms. The predicted octanol–water partition coefficient (Wildman–Crippen LogP) is 2.75. The molecule has 0 aliphatic heterocycles. The summed E-state index contributed by atoms with van der Waals surface area (Å²) in [5.74, 6) is 6.28. The van der Waals surface area contributed by atoms with E-state index in [-0.39, 0.29) is 4.75 Å². The summed E-state index contributed by atoms with van der Waals surface area (Å²) in [6.07, 6.45) is 3.92. The van der Waals surface area contributed by atoms with Gasteiger partial charge in [-0.05, 0) is 26.5 Å². The fourth-order valence-corrected chi connectivity index (χ4v) is 0.589. The molecule has 0 aromatic rings. The van der Waals surface area contributed by atoms with Crippen molar-refractivity contribution in [3.05, 3.63) is 6.92 Å². The van der Waals surface area contributed by atoms with E-state index in [1.807, 2.05) is 0 Å². The maximum Gasteiger partial charge on any atom is 0.0706 e. The summed E-state index contributed by atoms with van der Waals surface area (Å²) in [4.78, 5) is 0. The summed E-state index contributed by atoms with van der Waals surface area (Å²) in [6, 6.07) is 0. The van der Waals surface area contributed by atoms with Crippen LogP contribution in [-0.2, 0) is 0 Å². The fraction of sp³-hybridized carbons (Fsp3) is 0.667. The number of rotatable bonds is 2. The largest absolute Gasteiger partial charge is 0.146 e. The topological polar surface area (TPSA) is 0 Å². The van der Waals surface area contributed by atoms with E-state index in [9.17, 15) is 0 Å². The molecule has 0 bridgehead atoms. The van der Waals surface area contributed by atoms with Crippen molar-refractivity contribution in [1.82, 2.24) is 0 Å². The van der Waals surface area contributed by atoms with Crippen LogP contribution in [0, 0.1) is 18.8 Å². The van der Waals surface area contributed by atoms with E-state index in [1.165, 1.54) is 0 Å². The molecule has 0 aliphatic carbocycles. The average Bonchev–Trinajstić information content (AvgIpc) is 1.89. The van der Waals surface area contributed by atoms with Gasteiger partial charge in [0.25, 0.3) is 0 Å². The molecule has 0 fully saturated rings. The standard InChI is InChI=1S/C9H15S/c1-5-6-7-8-9(2,3)10-4/h1,5-6H2,2-4H3. The average molecular weight is 155 g/mol. The van der Waals surface area contributed by atoms with Gasteiger partial charge >= 0.3 is 0 Å². The first-order valence-electron chi connectivity index (χ1n) is 3.47. The lowest BCUT2D eigenvalue weighted by Crippen LogP contribution is -2.09. The zero-order chi connectivity index (χ0) is 8.04. The molecule has 1 heteroatoms. The van der Waals surface area contributed by atoms with Gasteiger partial charge in [-0.25, -0.2) is 0 Å². The van der Waals surface area contributed by atoms with Gasteiger partial charge in [0, 0.05) is 6.42 Å². The first-order chi connectivity index (χ1) is 4.62. The lowest BCUT2D eigenvalue weighted by molar-refractivity contribution is 0.931. The second-order valence-corrected chi connectivity index (χ2v) is 4.05.